The summed E-state index contributed by atoms with van der Waals surface area (Å²) in [5.74, 6) is 0. The highest BCUT2D eigenvalue weighted by atomic mass is 28.1. The third-order valence-corrected chi connectivity index (χ3v) is 0.453. The van der Waals surface area contributed by atoms with Crippen LogP contribution in [0.25, 0.3) is 0 Å². The average Bonchev–Trinajstić information content (AvgIpc) is 1.65. The average molecular weight is 117 g/mol. The van der Waals surface area contributed by atoms with Crippen LogP contribution in [0.15, 0.2) is 17.8 Å². The van der Waals surface area contributed by atoms with E-state index in [2.05, 4.69) is 11.7 Å². The van der Waals surface area contributed by atoms with Crippen LogP contribution in [0.5, 0.6) is 0 Å². The molecule has 0 saturated heterocycles. The van der Waals surface area contributed by atoms with Gasteiger partial charge in [0.1, 0.15) is 0 Å². The normalized spacial score (nSPS) is 9.57. The van der Waals surface area contributed by atoms with Crippen LogP contribution < -0.4 is 0 Å². The quantitative estimate of drug-likeness (QED) is 0.215. The Balaban J connectivity index is 0. The topological polar surface area (TPSA) is 32.6 Å². The Morgan fingerprint density at radius 1 is 1.86 bits per heavy atom. The molecule has 0 aromatic heterocycles. The molecule has 0 aliphatic carbocycles. The first kappa shape index (κ1) is 9.66. The molecular formula is C4H11NOSi. The predicted molar refractivity (Wildman–Crippen MR) is 36.4 cm³/mol. The van der Waals surface area contributed by atoms with E-state index in [1.165, 1.54) is 6.08 Å². The van der Waals surface area contributed by atoms with Gasteiger partial charge in [0.25, 0.3) is 0 Å². The number of nitrogens with zero attached hydrogens (tertiary/aromatic N) is 1. The minimum absolute atomic E-state index is 0. The minimum atomic E-state index is 0. The SMILES string of the molecule is C=CC(C)=NO.[SiH4]. The van der Waals surface area contributed by atoms with E-state index in [1.54, 1.807) is 6.92 Å². The molecule has 7 heavy (non-hydrogen) atoms. The van der Waals surface area contributed by atoms with Gasteiger partial charge in [-0.1, -0.05) is 11.7 Å². The van der Waals surface area contributed by atoms with Crippen LogP contribution in [-0.2, 0) is 0 Å². The first-order chi connectivity index (χ1) is 2.81. The van der Waals surface area contributed by atoms with Crippen LogP contribution in [-0.4, -0.2) is 21.9 Å². The lowest BCUT2D eigenvalue weighted by atomic mass is 10.4. The molecule has 1 N–H and O–H groups in total. The summed E-state index contributed by atoms with van der Waals surface area (Å²) in [7, 11) is 0. The molecule has 0 aromatic carbocycles. The van der Waals surface area contributed by atoms with Crippen molar-refractivity contribution in [2.75, 3.05) is 0 Å². The molecule has 0 saturated carbocycles. The van der Waals surface area contributed by atoms with Crippen LogP contribution >= 0.6 is 0 Å². The van der Waals surface area contributed by atoms with Gasteiger partial charge in [-0.25, -0.2) is 0 Å². The fraction of sp³-hybridized carbons (Fsp3) is 0.250. The Kier molecular flexibility index (Phi) is 7.49. The highest BCUT2D eigenvalue weighted by Crippen LogP contribution is 1.69. The van der Waals surface area contributed by atoms with Gasteiger partial charge in [0.05, 0.1) is 5.71 Å². The van der Waals surface area contributed by atoms with Crippen molar-refractivity contribution < 1.29 is 5.21 Å². The van der Waals surface area contributed by atoms with Gasteiger partial charge >= 0.3 is 0 Å². The molecule has 3 heteroatoms. The number of rotatable bonds is 1. The van der Waals surface area contributed by atoms with Gasteiger partial charge < -0.3 is 5.21 Å². The van der Waals surface area contributed by atoms with Gasteiger partial charge in [0, 0.05) is 0 Å². The zero-order chi connectivity index (χ0) is 4.99. The van der Waals surface area contributed by atoms with Crippen molar-refractivity contribution in [3.63, 3.8) is 0 Å². The number of hydrogen-bond donors (Lipinski definition) is 1. The summed E-state index contributed by atoms with van der Waals surface area (Å²) >= 11 is 0. The molecular weight excluding hydrogens is 106 g/mol. The largest absolute Gasteiger partial charge is 0.411 e. The summed E-state index contributed by atoms with van der Waals surface area (Å²) in [5.41, 5.74) is 0.537. The molecule has 0 atom stereocenters. The summed E-state index contributed by atoms with van der Waals surface area (Å²) in [5, 5.41) is 10.7. The van der Waals surface area contributed by atoms with E-state index >= 15 is 0 Å². The fourth-order valence-corrected chi connectivity index (χ4v) is 0.0408. The lowest BCUT2D eigenvalue weighted by molar-refractivity contribution is 0.319. The van der Waals surface area contributed by atoms with Gasteiger partial charge in [-0.3, -0.25) is 0 Å². The van der Waals surface area contributed by atoms with Crippen molar-refractivity contribution in [1.29, 1.82) is 0 Å². The summed E-state index contributed by atoms with van der Waals surface area (Å²) < 4.78 is 0. The van der Waals surface area contributed by atoms with E-state index in [4.69, 9.17) is 5.21 Å². The Bertz CT molecular complexity index is 79.8. The van der Waals surface area contributed by atoms with Crippen molar-refractivity contribution in [1.82, 2.24) is 0 Å². The molecule has 0 rings (SSSR count). The molecule has 42 valence electrons. The van der Waals surface area contributed by atoms with E-state index in [9.17, 15) is 0 Å². The third-order valence-electron chi connectivity index (χ3n) is 0.453. The molecule has 0 aliphatic rings. The van der Waals surface area contributed by atoms with Gasteiger partial charge in [-0.2, -0.15) is 0 Å². The second-order valence-corrected chi connectivity index (χ2v) is 0.946. The molecule has 0 amide bonds. The summed E-state index contributed by atoms with van der Waals surface area (Å²) in [4.78, 5) is 0. The maximum Gasteiger partial charge on any atom is 0.0758 e. The van der Waals surface area contributed by atoms with Crippen molar-refractivity contribution >= 4 is 16.7 Å². The zero-order valence-electron chi connectivity index (χ0n) is 3.68. The monoisotopic (exact) mass is 117 g/mol. The molecule has 0 unspecified atom stereocenters. The number of hydrogen-bond acceptors (Lipinski definition) is 2. The second kappa shape index (κ2) is 5.43. The van der Waals surface area contributed by atoms with Crippen molar-refractivity contribution in [2.24, 2.45) is 5.16 Å². The fourth-order valence-electron chi connectivity index (χ4n) is 0.0408. The summed E-state index contributed by atoms with van der Waals surface area (Å²) in [6.45, 7) is 5.00. The van der Waals surface area contributed by atoms with Gasteiger partial charge in [0.2, 0.25) is 0 Å². The van der Waals surface area contributed by atoms with Gasteiger partial charge in [0.15, 0.2) is 0 Å². The maximum absolute atomic E-state index is 7.85. The van der Waals surface area contributed by atoms with E-state index < -0.39 is 0 Å². The lowest BCUT2D eigenvalue weighted by Gasteiger charge is -1.75. The lowest BCUT2D eigenvalue weighted by Crippen LogP contribution is -1.78. The molecule has 0 spiro atoms. The van der Waals surface area contributed by atoms with Crippen molar-refractivity contribution in [3.8, 4) is 0 Å². The first-order valence-corrected chi connectivity index (χ1v) is 1.62. The zero-order valence-corrected chi connectivity index (χ0v) is 3.68. The smallest absolute Gasteiger partial charge is 0.0758 e. The molecule has 0 aliphatic heterocycles. The Morgan fingerprint density at radius 2 is 2.29 bits per heavy atom. The number of allylic oxidation sites excluding steroid dienone is 1. The van der Waals surface area contributed by atoms with Gasteiger partial charge in [-0.05, 0) is 24.0 Å². The first-order valence-electron chi connectivity index (χ1n) is 1.62. The standard InChI is InChI=1S/C4H7NO.H4Si/c1-3-4(2)5-6;/h3,6H,1H2,2H3;1H4. The summed E-state index contributed by atoms with van der Waals surface area (Å²) in [6, 6.07) is 0. The Morgan fingerprint density at radius 3 is 2.29 bits per heavy atom. The van der Waals surface area contributed by atoms with Gasteiger partial charge in [-0.15, -0.1) is 0 Å². The van der Waals surface area contributed by atoms with Crippen molar-refractivity contribution in [2.45, 2.75) is 6.92 Å². The second-order valence-electron chi connectivity index (χ2n) is 0.946. The van der Waals surface area contributed by atoms with E-state index in [-0.39, 0.29) is 11.0 Å². The van der Waals surface area contributed by atoms with Crippen molar-refractivity contribution in [3.05, 3.63) is 12.7 Å². The predicted octanol–water partition coefficient (Wildman–Crippen LogP) is -0.429. The highest BCUT2D eigenvalue weighted by molar-refractivity contribution is 5.91. The third kappa shape index (κ3) is 5.43. The molecule has 0 aromatic rings. The Labute approximate surface area is 47.6 Å². The maximum atomic E-state index is 7.85. The van der Waals surface area contributed by atoms with Crippen LogP contribution in [0.2, 0.25) is 0 Å². The van der Waals surface area contributed by atoms with Crippen LogP contribution in [0.1, 0.15) is 6.92 Å². The summed E-state index contributed by atoms with van der Waals surface area (Å²) in [6.07, 6.45) is 1.47. The Hall–Kier alpha value is -0.573. The van der Waals surface area contributed by atoms with E-state index in [0.717, 1.165) is 0 Å². The molecule has 2 nitrogen and oxygen atoms in total. The molecule has 0 radical (unpaired) electrons. The molecule has 0 heterocycles. The molecule has 0 fully saturated rings. The minimum Gasteiger partial charge on any atom is -0.411 e. The van der Waals surface area contributed by atoms with Crippen LogP contribution in [0.4, 0.5) is 0 Å². The molecule has 0 bridgehead atoms. The van der Waals surface area contributed by atoms with Crippen LogP contribution in [0, 0.1) is 0 Å². The highest BCUT2D eigenvalue weighted by Gasteiger charge is 1.71. The van der Waals surface area contributed by atoms with Crippen LogP contribution in [0.3, 0.4) is 0 Å². The number of oxime groups is 1. The van der Waals surface area contributed by atoms with E-state index in [0.29, 0.717) is 5.71 Å². The van der Waals surface area contributed by atoms with E-state index in [1.807, 2.05) is 0 Å².